The molecule has 0 aliphatic heterocycles. The highest BCUT2D eigenvalue weighted by Crippen LogP contribution is 2.31. The van der Waals surface area contributed by atoms with Gasteiger partial charge in [0.2, 0.25) is 5.91 Å². The summed E-state index contributed by atoms with van der Waals surface area (Å²) in [7, 11) is 0. The lowest BCUT2D eigenvalue weighted by atomic mass is 9.79. The molecule has 2 aliphatic carbocycles. The van der Waals surface area contributed by atoms with Crippen LogP contribution in [-0.2, 0) is 9.59 Å². The molecule has 2 fully saturated rings. The molecule has 1 amide bonds. The van der Waals surface area contributed by atoms with Crippen LogP contribution in [0.4, 0.5) is 0 Å². The molecule has 0 aromatic rings. The van der Waals surface area contributed by atoms with Gasteiger partial charge in [-0.15, -0.1) is 0 Å². The highest BCUT2D eigenvalue weighted by atomic mass is 16.4. The Morgan fingerprint density at radius 2 is 1.85 bits per heavy atom. The maximum atomic E-state index is 12.3. The van der Waals surface area contributed by atoms with E-state index in [9.17, 15) is 9.59 Å². The molecule has 114 valence electrons. The van der Waals surface area contributed by atoms with E-state index in [-0.39, 0.29) is 23.8 Å². The largest absolute Gasteiger partial charge is 0.481 e. The molecule has 2 saturated carbocycles. The lowest BCUT2D eigenvalue weighted by molar-refractivity contribution is -0.146. The lowest BCUT2D eigenvalue weighted by Gasteiger charge is -2.34. The van der Waals surface area contributed by atoms with Gasteiger partial charge in [0.15, 0.2) is 0 Å². The number of carboxylic acids is 1. The van der Waals surface area contributed by atoms with Gasteiger partial charge in [0.1, 0.15) is 0 Å². The Morgan fingerprint density at radius 3 is 2.40 bits per heavy atom. The fourth-order valence-electron chi connectivity index (χ4n) is 3.54. The molecule has 1 unspecified atom stereocenters. The van der Waals surface area contributed by atoms with Crippen molar-refractivity contribution in [2.45, 2.75) is 70.8 Å². The van der Waals surface area contributed by atoms with E-state index in [2.05, 4.69) is 12.2 Å². The van der Waals surface area contributed by atoms with Gasteiger partial charge in [-0.25, -0.2) is 0 Å². The van der Waals surface area contributed by atoms with Gasteiger partial charge in [-0.3, -0.25) is 9.59 Å². The van der Waals surface area contributed by atoms with Gasteiger partial charge < -0.3 is 10.4 Å². The topological polar surface area (TPSA) is 66.4 Å². The molecule has 0 heterocycles. The van der Waals surface area contributed by atoms with Gasteiger partial charge in [0.25, 0.3) is 0 Å². The van der Waals surface area contributed by atoms with Crippen LogP contribution in [0.25, 0.3) is 0 Å². The zero-order valence-corrected chi connectivity index (χ0v) is 12.4. The third-order valence-electron chi connectivity index (χ3n) is 5.04. The summed E-state index contributed by atoms with van der Waals surface area (Å²) in [5, 5.41) is 11.9. The van der Waals surface area contributed by atoms with Crippen LogP contribution >= 0.6 is 0 Å². The minimum Gasteiger partial charge on any atom is -0.481 e. The summed E-state index contributed by atoms with van der Waals surface area (Å²) >= 11 is 0. The Bertz CT molecular complexity index is 344. The Labute approximate surface area is 121 Å². The summed E-state index contributed by atoms with van der Waals surface area (Å²) in [6, 6.07) is 0.0870. The van der Waals surface area contributed by atoms with E-state index in [1.54, 1.807) is 0 Å². The normalized spacial score (nSPS) is 28.4. The van der Waals surface area contributed by atoms with Crippen LogP contribution in [0.1, 0.15) is 64.7 Å². The van der Waals surface area contributed by atoms with Gasteiger partial charge in [0, 0.05) is 12.0 Å². The minimum atomic E-state index is -0.732. The molecule has 1 atom stereocenters. The fraction of sp³-hybridized carbons (Fsp3) is 0.875. The predicted molar refractivity (Wildman–Crippen MR) is 77.3 cm³/mol. The van der Waals surface area contributed by atoms with Crippen molar-refractivity contribution < 1.29 is 14.7 Å². The number of rotatable bonds is 6. The van der Waals surface area contributed by atoms with E-state index in [4.69, 9.17) is 5.11 Å². The van der Waals surface area contributed by atoms with E-state index in [0.29, 0.717) is 18.8 Å². The summed E-state index contributed by atoms with van der Waals surface area (Å²) in [4.78, 5) is 23.0. The molecule has 4 heteroatoms. The number of hydrogen-bond donors (Lipinski definition) is 2. The quantitative estimate of drug-likeness (QED) is 0.786. The van der Waals surface area contributed by atoms with Gasteiger partial charge in [-0.2, -0.15) is 0 Å². The molecule has 2 rings (SSSR count). The number of nitrogens with one attached hydrogen (secondary N) is 1. The minimum absolute atomic E-state index is 0.0870. The van der Waals surface area contributed by atoms with Gasteiger partial charge in [-0.1, -0.05) is 39.0 Å². The molecule has 0 saturated heterocycles. The Morgan fingerprint density at radius 1 is 1.20 bits per heavy atom. The van der Waals surface area contributed by atoms with Gasteiger partial charge in [-0.05, 0) is 31.6 Å². The molecule has 0 spiro atoms. The number of carboxylic acid groups (broad SMARTS) is 1. The predicted octanol–water partition coefficient (Wildman–Crippen LogP) is 2.96. The van der Waals surface area contributed by atoms with Crippen LogP contribution in [0.5, 0.6) is 0 Å². The number of carbonyl (C=O) groups excluding carboxylic acids is 1. The summed E-state index contributed by atoms with van der Waals surface area (Å²) in [5.41, 5.74) is 0. The SMILES string of the molecule is CCC(CC1CCCCC1)C(=O)NC1CC(C(=O)O)C1. The van der Waals surface area contributed by atoms with Crippen LogP contribution in [0, 0.1) is 17.8 Å². The monoisotopic (exact) mass is 281 g/mol. The first-order valence-electron chi connectivity index (χ1n) is 8.13. The van der Waals surface area contributed by atoms with E-state index in [0.717, 1.165) is 12.8 Å². The molecule has 0 aromatic heterocycles. The summed E-state index contributed by atoms with van der Waals surface area (Å²) in [6.45, 7) is 2.08. The van der Waals surface area contributed by atoms with Crippen LogP contribution in [0.15, 0.2) is 0 Å². The molecule has 2 N–H and O–H groups in total. The summed E-state index contributed by atoms with van der Waals surface area (Å²) in [5.74, 6) is -0.00929. The maximum Gasteiger partial charge on any atom is 0.306 e. The zero-order chi connectivity index (χ0) is 14.5. The van der Waals surface area contributed by atoms with Crippen molar-refractivity contribution in [2.75, 3.05) is 0 Å². The van der Waals surface area contributed by atoms with Crippen molar-refractivity contribution in [3.63, 3.8) is 0 Å². The van der Waals surface area contributed by atoms with Gasteiger partial charge >= 0.3 is 5.97 Å². The second-order valence-electron chi connectivity index (χ2n) is 6.56. The van der Waals surface area contributed by atoms with Crippen LogP contribution in [0.3, 0.4) is 0 Å². The van der Waals surface area contributed by atoms with Crippen molar-refractivity contribution in [1.29, 1.82) is 0 Å². The molecular weight excluding hydrogens is 254 g/mol. The Balaban J connectivity index is 1.73. The Hall–Kier alpha value is -1.06. The van der Waals surface area contributed by atoms with Crippen molar-refractivity contribution in [2.24, 2.45) is 17.8 Å². The zero-order valence-electron chi connectivity index (χ0n) is 12.4. The van der Waals surface area contributed by atoms with Crippen molar-refractivity contribution in [1.82, 2.24) is 5.32 Å². The first-order chi connectivity index (χ1) is 9.60. The first kappa shape index (κ1) is 15.3. The first-order valence-corrected chi connectivity index (χ1v) is 8.13. The van der Waals surface area contributed by atoms with Crippen LogP contribution < -0.4 is 5.32 Å². The fourth-order valence-corrected chi connectivity index (χ4v) is 3.54. The smallest absolute Gasteiger partial charge is 0.306 e. The average molecular weight is 281 g/mol. The van der Waals surface area contributed by atoms with Crippen LogP contribution in [-0.4, -0.2) is 23.0 Å². The molecule has 0 radical (unpaired) electrons. The standard InChI is InChI=1S/C16H27NO3/c1-2-12(8-11-6-4-3-5-7-11)15(18)17-14-9-13(10-14)16(19)20/h11-14H,2-10H2,1H3,(H,17,18)(H,19,20). The van der Waals surface area contributed by atoms with Crippen molar-refractivity contribution in [3.8, 4) is 0 Å². The molecule has 4 nitrogen and oxygen atoms in total. The molecule has 20 heavy (non-hydrogen) atoms. The Kier molecular flexibility index (Phi) is 5.44. The second-order valence-corrected chi connectivity index (χ2v) is 6.56. The highest BCUT2D eigenvalue weighted by molar-refractivity contribution is 5.79. The maximum absolute atomic E-state index is 12.3. The molecular formula is C16H27NO3. The van der Waals surface area contributed by atoms with Gasteiger partial charge in [0.05, 0.1) is 5.92 Å². The van der Waals surface area contributed by atoms with E-state index in [1.807, 2.05) is 0 Å². The van der Waals surface area contributed by atoms with E-state index < -0.39 is 5.97 Å². The molecule has 2 aliphatic rings. The third kappa shape index (κ3) is 3.97. The van der Waals surface area contributed by atoms with E-state index in [1.165, 1.54) is 32.1 Å². The lowest BCUT2D eigenvalue weighted by Crippen LogP contribution is -2.48. The molecule has 0 bridgehead atoms. The van der Waals surface area contributed by atoms with Crippen molar-refractivity contribution >= 4 is 11.9 Å². The highest BCUT2D eigenvalue weighted by Gasteiger charge is 2.36. The number of aliphatic carboxylic acids is 1. The van der Waals surface area contributed by atoms with Crippen molar-refractivity contribution in [3.05, 3.63) is 0 Å². The summed E-state index contributed by atoms with van der Waals surface area (Å²) < 4.78 is 0. The average Bonchev–Trinajstić information content (AvgIpc) is 2.40. The van der Waals surface area contributed by atoms with E-state index >= 15 is 0 Å². The number of hydrogen-bond acceptors (Lipinski definition) is 2. The second kappa shape index (κ2) is 7.09. The molecule has 0 aromatic carbocycles. The summed E-state index contributed by atoms with van der Waals surface area (Å²) in [6.07, 6.45) is 9.61. The number of carbonyl (C=O) groups is 2. The number of amides is 1. The van der Waals surface area contributed by atoms with Crippen LogP contribution in [0.2, 0.25) is 0 Å². The third-order valence-corrected chi connectivity index (χ3v) is 5.04.